The summed E-state index contributed by atoms with van der Waals surface area (Å²) in [6.07, 6.45) is 8.77. The fourth-order valence-corrected chi connectivity index (χ4v) is 3.79. The molecule has 1 heterocycles. The molecule has 4 aliphatic rings. The Balaban J connectivity index is 1.93. The van der Waals surface area contributed by atoms with Gasteiger partial charge in [0.15, 0.2) is 11.8 Å². The number of hydrogen-bond donors (Lipinski definition) is 3. The molecule has 0 aromatic carbocycles. The van der Waals surface area contributed by atoms with Crippen LogP contribution in [0.2, 0.25) is 0 Å². The standard InChI is InChI=1S/C14H16N2O2/c15-5-6-16-13(17)11-9-3-4-10(12(11)14(16)18)8-2-1-7(8)9/h1-4,7-10,17-18H,5-6,15H2. The fourth-order valence-electron chi connectivity index (χ4n) is 3.79. The molecule has 0 fully saturated rings. The fraction of sp³-hybridized carbons (Fsp3) is 0.429. The molecule has 0 amide bonds. The number of aromatic nitrogens is 1. The number of rotatable bonds is 2. The van der Waals surface area contributed by atoms with Gasteiger partial charge in [0.25, 0.3) is 0 Å². The van der Waals surface area contributed by atoms with Crippen LogP contribution in [0.15, 0.2) is 24.3 Å². The van der Waals surface area contributed by atoms with Crippen molar-refractivity contribution in [1.82, 2.24) is 4.57 Å². The highest BCUT2D eigenvalue weighted by Crippen LogP contribution is 2.61. The van der Waals surface area contributed by atoms with E-state index in [1.807, 2.05) is 0 Å². The van der Waals surface area contributed by atoms with E-state index in [1.165, 1.54) is 0 Å². The smallest absolute Gasteiger partial charge is 0.198 e. The molecule has 2 bridgehead atoms. The van der Waals surface area contributed by atoms with Crippen molar-refractivity contribution in [1.29, 1.82) is 0 Å². The number of hydrogen-bond acceptors (Lipinski definition) is 3. The van der Waals surface area contributed by atoms with E-state index in [0.717, 1.165) is 11.1 Å². The summed E-state index contributed by atoms with van der Waals surface area (Å²) in [6, 6.07) is 0. The zero-order chi connectivity index (χ0) is 12.4. The zero-order valence-electron chi connectivity index (χ0n) is 9.95. The van der Waals surface area contributed by atoms with Gasteiger partial charge in [-0.3, -0.25) is 4.57 Å². The topological polar surface area (TPSA) is 71.4 Å². The van der Waals surface area contributed by atoms with Gasteiger partial charge in [0.05, 0.1) is 0 Å². The lowest BCUT2D eigenvalue weighted by molar-refractivity contribution is 0.306. The normalized spacial score (nSPS) is 34.3. The Morgan fingerprint density at radius 2 is 1.44 bits per heavy atom. The summed E-state index contributed by atoms with van der Waals surface area (Å²) in [4.78, 5) is 0. The van der Waals surface area contributed by atoms with Crippen LogP contribution in [0.1, 0.15) is 23.0 Å². The number of aromatic hydroxyl groups is 2. The minimum atomic E-state index is 0.200. The second-order valence-electron chi connectivity index (χ2n) is 5.39. The van der Waals surface area contributed by atoms with E-state index in [4.69, 9.17) is 5.73 Å². The SMILES string of the molecule is NCCn1c(O)c2c(c1O)C1C=CC2C2C=CC12. The second kappa shape index (κ2) is 3.20. The molecule has 4 atom stereocenters. The van der Waals surface area contributed by atoms with Gasteiger partial charge in [-0.05, 0) is 11.8 Å². The summed E-state index contributed by atoms with van der Waals surface area (Å²) in [5.41, 5.74) is 7.37. The van der Waals surface area contributed by atoms with E-state index < -0.39 is 0 Å². The van der Waals surface area contributed by atoms with Crippen molar-refractivity contribution in [3.8, 4) is 11.8 Å². The second-order valence-corrected chi connectivity index (χ2v) is 5.39. The molecular formula is C14H16N2O2. The Morgan fingerprint density at radius 3 is 1.83 bits per heavy atom. The van der Waals surface area contributed by atoms with Crippen molar-refractivity contribution in [2.45, 2.75) is 18.4 Å². The summed E-state index contributed by atoms with van der Waals surface area (Å²) in [6.45, 7) is 0.857. The predicted octanol–water partition coefficient (Wildman–Crippen LogP) is 1.41. The van der Waals surface area contributed by atoms with Crippen LogP contribution in [0.3, 0.4) is 0 Å². The van der Waals surface area contributed by atoms with Crippen LogP contribution in [0.5, 0.6) is 11.8 Å². The average molecular weight is 244 g/mol. The van der Waals surface area contributed by atoms with Gasteiger partial charge in [-0.1, -0.05) is 24.3 Å². The monoisotopic (exact) mass is 244 g/mol. The van der Waals surface area contributed by atoms with E-state index in [1.54, 1.807) is 4.57 Å². The van der Waals surface area contributed by atoms with Crippen molar-refractivity contribution in [3.05, 3.63) is 35.4 Å². The third-order valence-corrected chi connectivity index (χ3v) is 4.66. The maximum atomic E-state index is 10.3. The van der Waals surface area contributed by atoms with Crippen LogP contribution in [-0.2, 0) is 6.54 Å². The molecular weight excluding hydrogens is 228 g/mol. The first-order chi connectivity index (χ1) is 8.74. The number of nitrogens with zero attached hydrogens (tertiary/aromatic N) is 1. The van der Waals surface area contributed by atoms with Crippen LogP contribution in [0.4, 0.5) is 0 Å². The Bertz CT molecular complexity index is 540. The van der Waals surface area contributed by atoms with Crippen LogP contribution in [0.25, 0.3) is 0 Å². The molecule has 0 spiro atoms. The van der Waals surface area contributed by atoms with Gasteiger partial charge in [0.1, 0.15) is 0 Å². The third-order valence-electron chi connectivity index (χ3n) is 4.66. The van der Waals surface area contributed by atoms with Crippen molar-refractivity contribution in [2.75, 3.05) is 6.54 Å². The molecule has 4 aliphatic carbocycles. The van der Waals surface area contributed by atoms with Gasteiger partial charge < -0.3 is 15.9 Å². The lowest BCUT2D eigenvalue weighted by Crippen LogP contribution is -2.36. The van der Waals surface area contributed by atoms with Crippen molar-refractivity contribution in [3.63, 3.8) is 0 Å². The highest BCUT2D eigenvalue weighted by molar-refractivity contribution is 5.59. The van der Waals surface area contributed by atoms with Crippen molar-refractivity contribution < 1.29 is 10.2 Å². The van der Waals surface area contributed by atoms with Gasteiger partial charge in [-0.25, -0.2) is 0 Å². The quantitative estimate of drug-likeness (QED) is 0.689. The molecule has 4 N–H and O–H groups in total. The van der Waals surface area contributed by atoms with Gasteiger partial charge >= 0.3 is 0 Å². The van der Waals surface area contributed by atoms with E-state index in [9.17, 15) is 10.2 Å². The largest absolute Gasteiger partial charge is 0.494 e. The molecule has 4 heteroatoms. The first-order valence-electron chi connectivity index (χ1n) is 6.45. The van der Waals surface area contributed by atoms with Crippen molar-refractivity contribution >= 4 is 0 Å². The van der Waals surface area contributed by atoms with E-state index in [-0.39, 0.29) is 23.6 Å². The van der Waals surface area contributed by atoms with Gasteiger partial charge in [0, 0.05) is 36.1 Å². The molecule has 0 radical (unpaired) electrons. The van der Waals surface area contributed by atoms with Crippen LogP contribution in [0, 0.1) is 11.8 Å². The van der Waals surface area contributed by atoms with Gasteiger partial charge in [-0.2, -0.15) is 0 Å². The molecule has 0 saturated heterocycles. The van der Waals surface area contributed by atoms with Crippen LogP contribution >= 0.6 is 0 Å². The lowest BCUT2D eigenvalue weighted by Gasteiger charge is -2.47. The van der Waals surface area contributed by atoms with E-state index in [0.29, 0.717) is 24.9 Å². The van der Waals surface area contributed by atoms with Crippen LogP contribution in [-0.4, -0.2) is 21.3 Å². The molecule has 5 rings (SSSR count). The highest BCUT2D eigenvalue weighted by atomic mass is 16.3. The molecule has 4 nitrogen and oxygen atoms in total. The van der Waals surface area contributed by atoms with Gasteiger partial charge in [0.2, 0.25) is 0 Å². The maximum Gasteiger partial charge on any atom is 0.198 e. The van der Waals surface area contributed by atoms with E-state index in [2.05, 4.69) is 24.3 Å². The van der Waals surface area contributed by atoms with Crippen LogP contribution < -0.4 is 5.73 Å². The Morgan fingerprint density at radius 1 is 0.944 bits per heavy atom. The van der Waals surface area contributed by atoms with Crippen molar-refractivity contribution in [2.24, 2.45) is 17.6 Å². The minimum absolute atomic E-state index is 0.200. The summed E-state index contributed by atoms with van der Waals surface area (Å²) in [7, 11) is 0. The molecule has 18 heavy (non-hydrogen) atoms. The third kappa shape index (κ3) is 0.965. The minimum Gasteiger partial charge on any atom is -0.494 e. The Labute approximate surface area is 105 Å². The molecule has 0 saturated carbocycles. The van der Waals surface area contributed by atoms with E-state index >= 15 is 0 Å². The zero-order valence-corrected chi connectivity index (χ0v) is 9.95. The predicted molar refractivity (Wildman–Crippen MR) is 67.6 cm³/mol. The summed E-state index contributed by atoms with van der Waals surface area (Å²) in [5.74, 6) is 1.81. The summed E-state index contributed by atoms with van der Waals surface area (Å²) >= 11 is 0. The highest BCUT2D eigenvalue weighted by Gasteiger charge is 2.49. The summed E-state index contributed by atoms with van der Waals surface area (Å²) < 4.78 is 1.54. The molecule has 94 valence electrons. The molecule has 1 aromatic heterocycles. The maximum absolute atomic E-state index is 10.3. The van der Waals surface area contributed by atoms with Gasteiger partial charge in [-0.15, -0.1) is 0 Å². The lowest BCUT2D eigenvalue weighted by atomic mass is 9.56. The summed E-state index contributed by atoms with van der Waals surface area (Å²) in [5, 5.41) is 20.7. The molecule has 1 aromatic rings. The molecule has 0 aliphatic heterocycles. The first kappa shape index (κ1) is 10.3. The Hall–Kier alpha value is -1.68. The number of nitrogens with two attached hydrogens (primary N) is 1. The average Bonchev–Trinajstić information content (AvgIpc) is 2.56. The first-order valence-corrected chi connectivity index (χ1v) is 6.45. The number of allylic oxidation sites excluding steroid dienone is 4. The Kier molecular flexibility index (Phi) is 1.83. The molecule has 4 unspecified atom stereocenters.